The van der Waals surface area contributed by atoms with Crippen LogP contribution in [0, 0.1) is 5.82 Å². The molecule has 2 aromatic carbocycles. The molecule has 0 aromatic heterocycles. The molecule has 8 heteroatoms. The Morgan fingerprint density at radius 2 is 1.97 bits per heavy atom. The SMILES string of the molecule is COc1cc(/C=N\NC(=O)CN2CCOCC2)ccc1OCc1ccc(F)cc1. The van der Waals surface area contributed by atoms with Crippen molar-refractivity contribution >= 4 is 12.1 Å². The molecule has 0 radical (unpaired) electrons. The van der Waals surface area contributed by atoms with E-state index >= 15 is 0 Å². The molecule has 1 aliphatic heterocycles. The number of hydrogen-bond acceptors (Lipinski definition) is 6. The van der Waals surface area contributed by atoms with Crippen LogP contribution in [0.4, 0.5) is 4.39 Å². The highest BCUT2D eigenvalue weighted by molar-refractivity contribution is 5.83. The number of methoxy groups -OCH3 is 1. The molecule has 0 spiro atoms. The van der Waals surface area contributed by atoms with E-state index in [0.29, 0.717) is 37.9 Å². The van der Waals surface area contributed by atoms with Gasteiger partial charge in [-0.2, -0.15) is 5.10 Å². The molecule has 7 nitrogen and oxygen atoms in total. The van der Waals surface area contributed by atoms with Crippen LogP contribution in [0.1, 0.15) is 11.1 Å². The Morgan fingerprint density at radius 1 is 1.21 bits per heavy atom. The molecule has 1 amide bonds. The zero-order valence-electron chi connectivity index (χ0n) is 16.3. The van der Waals surface area contributed by atoms with Crippen molar-refractivity contribution in [2.24, 2.45) is 5.10 Å². The van der Waals surface area contributed by atoms with Gasteiger partial charge >= 0.3 is 0 Å². The zero-order valence-corrected chi connectivity index (χ0v) is 16.3. The second-order valence-corrected chi connectivity index (χ2v) is 6.51. The van der Waals surface area contributed by atoms with Crippen molar-refractivity contribution in [2.75, 3.05) is 40.0 Å². The van der Waals surface area contributed by atoms with Gasteiger partial charge in [0.25, 0.3) is 5.91 Å². The van der Waals surface area contributed by atoms with Gasteiger partial charge in [-0.25, -0.2) is 9.82 Å². The van der Waals surface area contributed by atoms with Crippen LogP contribution < -0.4 is 14.9 Å². The lowest BCUT2D eigenvalue weighted by Gasteiger charge is -2.25. The summed E-state index contributed by atoms with van der Waals surface area (Å²) in [5, 5.41) is 4.00. The van der Waals surface area contributed by atoms with Crippen LogP contribution in [0.2, 0.25) is 0 Å². The molecule has 0 saturated carbocycles. The van der Waals surface area contributed by atoms with Gasteiger partial charge in [-0.15, -0.1) is 0 Å². The number of carbonyl (C=O) groups is 1. The third-order valence-corrected chi connectivity index (χ3v) is 4.37. The minimum atomic E-state index is -0.285. The van der Waals surface area contributed by atoms with Crippen LogP contribution in [-0.2, 0) is 16.1 Å². The van der Waals surface area contributed by atoms with Gasteiger partial charge in [0, 0.05) is 13.1 Å². The maximum atomic E-state index is 13.0. The predicted molar refractivity (Wildman–Crippen MR) is 107 cm³/mol. The standard InChI is InChI=1S/C21H24FN3O4/c1-27-20-12-17(13-23-24-21(26)14-25-8-10-28-11-9-25)4-7-19(20)29-15-16-2-5-18(22)6-3-16/h2-7,12-13H,8-11,14-15H2,1H3,(H,24,26)/b23-13-. The van der Waals surface area contributed by atoms with E-state index < -0.39 is 0 Å². The van der Waals surface area contributed by atoms with Gasteiger partial charge in [-0.3, -0.25) is 9.69 Å². The normalized spacial score (nSPS) is 14.7. The van der Waals surface area contributed by atoms with Crippen LogP contribution in [-0.4, -0.2) is 57.0 Å². The summed E-state index contributed by atoms with van der Waals surface area (Å²) in [5.41, 5.74) is 4.13. The highest BCUT2D eigenvalue weighted by Gasteiger charge is 2.13. The van der Waals surface area contributed by atoms with Crippen molar-refractivity contribution in [3.05, 3.63) is 59.4 Å². The largest absolute Gasteiger partial charge is 0.493 e. The molecule has 0 bridgehead atoms. The van der Waals surface area contributed by atoms with Crippen molar-refractivity contribution in [1.82, 2.24) is 10.3 Å². The summed E-state index contributed by atoms with van der Waals surface area (Å²) in [6, 6.07) is 11.5. The van der Waals surface area contributed by atoms with Crippen LogP contribution in [0.3, 0.4) is 0 Å². The van der Waals surface area contributed by atoms with E-state index in [1.807, 2.05) is 4.90 Å². The third kappa shape index (κ3) is 6.55. The molecule has 0 atom stereocenters. The number of hydrogen-bond donors (Lipinski definition) is 1. The first-order chi connectivity index (χ1) is 14.1. The maximum Gasteiger partial charge on any atom is 0.254 e. The lowest BCUT2D eigenvalue weighted by atomic mass is 10.2. The van der Waals surface area contributed by atoms with Crippen LogP contribution in [0.25, 0.3) is 0 Å². The van der Waals surface area contributed by atoms with E-state index in [4.69, 9.17) is 14.2 Å². The number of nitrogens with zero attached hydrogens (tertiary/aromatic N) is 2. The first-order valence-electron chi connectivity index (χ1n) is 9.31. The molecule has 0 aliphatic carbocycles. The fourth-order valence-corrected chi connectivity index (χ4v) is 2.80. The molecule has 1 fully saturated rings. The van der Waals surface area contributed by atoms with Gasteiger partial charge in [-0.1, -0.05) is 12.1 Å². The monoisotopic (exact) mass is 401 g/mol. The average Bonchev–Trinajstić information content (AvgIpc) is 2.74. The number of morpholine rings is 1. The first-order valence-corrected chi connectivity index (χ1v) is 9.31. The summed E-state index contributed by atoms with van der Waals surface area (Å²) < 4.78 is 29.4. The topological polar surface area (TPSA) is 72.4 Å². The van der Waals surface area contributed by atoms with Gasteiger partial charge in [0.15, 0.2) is 11.5 Å². The fourth-order valence-electron chi connectivity index (χ4n) is 2.80. The van der Waals surface area contributed by atoms with Gasteiger partial charge in [0.2, 0.25) is 0 Å². The quantitative estimate of drug-likeness (QED) is 0.542. The van der Waals surface area contributed by atoms with E-state index in [2.05, 4.69) is 10.5 Å². The molecule has 0 unspecified atom stereocenters. The Morgan fingerprint density at radius 3 is 2.69 bits per heavy atom. The van der Waals surface area contributed by atoms with E-state index in [-0.39, 0.29) is 11.7 Å². The predicted octanol–water partition coefficient (Wildman–Crippen LogP) is 2.20. The molecule has 1 aliphatic rings. The molecular formula is C21H24FN3O4. The van der Waals surface area contributed by atoms with Gasteiger partial charge in [0.1, 0.15) is 12.4 Å². The van der Waals surface area contributed by atoms with Crippen LogP contribution >= 0.6 is 0 Å². The minimum absolute atomic E-state index is 0.172. The van der Waals surface area contributed by atoms with Crippen molar-refractivity contribution in [3.63, 3.8) is 0 Å². The Balaban J connectivity index is 1.52. The maximum absolute atomic E-state index is 13.0. The number of hydrazone groups is 1. The lowest BCUT2D eigenvalue weighted by Crippen LogP contribution is -2.42. The highest BCUT2D eigenvalue weighted by Crippen LogP contribution is 2.28. The van der Waals surface area contributed by atoms with E-state index in [9.17, 15) is 9.18 Å². The lowest BCUT2D eigenvalue weighted by molar-refractivity contribution is -0.123. The number of benzene rings is 2. The number of carbonyl (C=O) groups excluding carboxylic acids is 1. The number of nitrogens with one attached hydrogen (secondary N) is 1. The first kappa shape index (κ1) is 20.8. The summed E-state index contributed by atoms with van der Waals surface area (Å²) in [5.74, 6) is 0.641. The molecule has 29 heavy (non-hydrogen) atoms. The van der Waals surface area contributed by atoms with E-state index in [1.54, 1.807) is 43.7 Å². The third-order valence-electron chi connectivity index (χ3n) is 4.37. The number of halogens is 1. The Kier molecular flexibility index (Phi) is 7.54. The Bertz CT molecular complexity index is 836. The number of rotatable bonds is 8. The minimum Gasteiger partial charge on any atom is -0.493 e. The second kappa shape index (κ2) is 10.5. The summed E-state index contributed by atoms with van der Waals surface area (Å²) >= 11 is 0. The smallest absolute Gasteiger partial charge is 0.254 e. The summed E-state index contributed by atoms with van der Waals surface area (Å²) in [6.07, 6.45) is 1.55. The molecule has 1 heterocycles. The molecular weight excluding hydrogens is 377 g/mol. The van der Waals surface area contributed by atoms with E-state index in [1.165, 1.54) is 12.1 Å². The van der Waals surface area contributed by atoms with Gasteiger partial charge in [0.05, 0.1) is 33.1 Å². The van der Waals surface area contributed by atoms with Crippen molar-refractivity contribution in [1.29, 1.82) is 0 Å². The van der Waals surface area contributed by atoms with Gasteiger partial charge in [-0.05, 0) is 41.5 Å². The Hall–Kier alpha value is -2.97. The van der Waals surface area contributed by atoms with Crippen molar-refractivity contribution in [2.45, 2.75) is 6.61 Å². The zero-order chi connectivity index (χ0) is 20.5. The number of amides is 1. The molecule has 1 N–H and O–H groups in total. The van der Waals surface area contributed by atoms with Crippen LogP contribution in [0.15, 0.2) is 47.6 Å². The van der Waals surface area contributed by atoms with Gasteiger partial charge < -0.3 is 14.2 Å². The molecule has 1 saturated heterocycles. The second-order valence-electron chi connectivity index (χ2n) is 6.51. The Labute approximate surface area is 169 Å². The summed E-state index contributed by atoms with van der Waals surface area (Å²) in [6.45, 7) is 3.36. The van der Waals surface area contributed by atoms with Crippen LogP contribution in [0.5, 0.6) is 11.5 Å². The number of ether oxygens (including phenoxy) is 3. The molecule has 154 valence electrons. The van der Waals surface area contributed by atoms with Crippen molar-refractivity contribution in [3.8, 4) is 11.5 Å². The molecule has 3 rings (SSSR count). The van der Waals surface area contributed by atoms with E-state index in [0.717, 1.165) is 24.2 Å². The highest BCUT2D eigenvalue weighted by atomic mass is 19.1. The summed E-state index contributed by atoms with van der Waals surface area (Å²) in [7, 11) is 1.55. The average molecular weight is 401 g/mol. The summed E-state index contributed by atoms with van der Waals surface area (Å²) in [4.78, 5) is 14.0. The van der Waals surface area contributed by atoms with Crippen molar-refractivity contribution < 1.29 is 23.4 Å². The molecule has 2 aromatic rings. The fraction of sp³-hybridized carbons (Fsp3) is 0.333.